The molecule has 0 saturated heterocycles. The molecular formula is C24H22BrN3O6. The number of nitro benzene ring substituents is 1. The Morgan fingerprint density at radius 1 is 1.06 bits per heavy atom. The molecule has 3 aromatic rings. The lowest BCUT2D eigenvalue weighted by Crippen LogP contribution is -2.17. The van der Waals surface area contributed by atoms with Gasteiger partial charge in [0.25, 0.3) is 11.6 Å². The minimum Gasteiger partial charge on any atom is -0.493 e. The van der Waals surface area contributed by atoms with Crippen LogP contribution in [0.4, 0.5) is 5.69 Å². The molecule has 0 radical (unpaired) electrons. The van der Waals surface area contributed by atoms with Gasteiger partial charge >= 0.3 is 0 Å². The molecular weight excluding hydrogens is 506 g/mol. The number of methoxy groups -OCH3 is 1. The molecule has 10 heteroatoms. The van der Waals surface area contributed by atoms with Gasteiger partial charge in [0.15, 0.2) is 11.5 Å². The van der Waals surface area contributed by atoms with E-state index in [-0.39, 0.29) is 12.3 Å². The summed E-state index contributed by atoms with van der Waals surface area (Å²) in [6.07, 6.45) is 1.47. The molecule has 1 amide bonds. The fourth-order valence-electron chi connectivity index (χ4n) is 2.94. The van der Waals surface area contributed by atoms with Gasteiger partial charge in [-0.05, 0) is 61.0 Å². The SMILES string of the molecule is CCOc1cc(C(=O)N/N=C/c2cc(Br)ccc2OCc2ccc([N+](=O)[O-])cc2)ccc1OC. The molecule has 0 spiro atoms. The molecule has 3 rings (SSSR count). The van der Waals surface area contributed by atoms with Crippen molar-refractivity contribution < 1.29 is 23.9 Å². The summed E-state index contributed by atoms with van der Waals surface area (Å²) in [4.78, 5) is 22.9. The maximum atomic E-state index is 12.5. The Kier molecular flexibility index (Phi) is 8.58. The van der Waals surface area contributed by atoms with Crippen LogP contribution in [-0.4, -0.2) is 30.8 Å². The van der Waals surface area contributed by atoms with E-state index in [1.807, 2.05) is 13.0 Å². The smallest absolute Gasteiger partial charge is 0.271 e. The Hall–Kier alpha value is -3.92. The Bertz CT molecular complexity index is 1200. The normalized spacial score (nSPS) is 10.7. The van der Waals surface area contributed by atoms with Gasteiger partial charge in [0.1, 0.15) is 12.4 Å². The summed E-state index contributed by atoms with van der Waals surface area (Å²) in [5.41, 5.74) is 4.27. The lowest BCUT2D eigenvalue weighted by molar-refractivity contribution is -0.384. The number of amides is 1. The van der Waals surface area contributed by atoms with Crippen molar-refractivity contribution >= 4 is 33.7 Å². The fraction of sp³-hybridized carbons (Fsp3) is 0.167. The Morgan fingerprint density at radius 3 is 2.47 bits per heavy atom. The molecule has 3 aromatic carbocycles. The van der Waals surface area contributed by atoms with Gasteiger partial charge in [-0.15, -0.1) is 0 Å². The number of nitrogens with zero attached hydrogens (tertiary/aromatic N) is 2. The number of hydrogen-bond donors (Lipinski definition) is 1. The third-order valence-corrected chi connectivity index (χ3v) is 5.10. The van der Waals surface area contributed by atoms with E-state index in [0.717, 1.165) is 10.0 Å². The van der Waals surface area contributed by atoms with E-state index in [9.17, 15) is 14.9 Å². The zero-order valence-corrected chi connectivity index (χ0v) is 20.1. The summed E-state index contributed by atoms with van der Waals surface area (Å²) < 4.78 is 17.4. The second-order valence-corrected chi connectivity index (χ2v) is 7.81. The van der Waals surface area contributed by atoms with E-state index in [1.165, 1.54) is 25.5 Å². The number of non-ortho nitro benzene ring substituents is 1. The van der Waals surface area contributed by atoms with Crippen molar-refractivity contribution in [3.63, 3.8) is 0 Å². The molecule has 1 N–H and O–H groups in total. The van der Waals surface area contributed by atoms with Crippen LogP contribution in [0, 0.1) is 10.1 Å². The number of carbonyl (C=O) groups is 1. The molecule has 9 nitrogen and oxygen atoms in total. The first-order valence-electron chi connectivity index (χ1n) is 10.2. The van der Waals surface area contributed by atoms with E-state index in [2.05, 4.69) is 26.5 Å². The van der Waals surface area contributed by atoms with Crippen molar-refractivity contribution in [2.45, 2.75) is 13.5 Å². The highest BCUT2D eigenvalue weighted by molar-refractivity contribution is 9.10. The topological polar surface area (TPSA) is 112 Å². The van der Waals surface area contributed by atoms with Crippen molar-refractivity contribution in [2.24, 2.45) is 5.10 Å². The molecule has 0 aliphatic heterocycles. The molecule has 0 aliphatic carbocycles. The third kappa shape index (κ3) is 6.55. The molecule has 0 aliphatic rings. The van der Waals surface area contributed by atoms with Crippen molar-refractivity contribution in [2.75, 3.05) is 13.7 Å². The number of carbonyl (C=O) groups excluding carboxylic acids is 1. The molecule has 0 bridgehead atoms. The van der Waals surface area contributed by atoms with Gasteiger partial charge in [0.05, 0.1) is 24.9 Å². The predicted molar refractivity (Wildman–Crippen MR) is 131 cm³/mol. The number of ether oxygens (including phenoxy) is 3. The largest absolute Gasteiger partial charge is 0.493 e. The number of halogens is 1. The van der Waals surface area contributed by atoms with Crippen LogP contribution in [0.5, 0.6) is 17.2 Å². The zero-order chi connectivity index (χ0) is 24.5. The molecule has 0 atom stereocenters. The Balaban J connectivity index is 1.68. The zero-order valence-electron chi connectivity index (χ0n) is 18.5. The number of hydrazone groups is 1. The van der Waals surface area contributed by atoms with Gasteiger partial charge in [-0.25, -0.2) is 5.43 Å². The van der Waals surface area contributed by atoms with E-state index in [1.54, 1.807) is 42.5 Å². The highest BCUT2D eigenvalue weighted by atomic mass is 79.9. The van der Waals surface area contributed by atoms with E-state index in [0.29, 0.717) is 35.0 Å². The third-order valence-electron chi connectivity index (χ3n) is 4.61. The van der Waals surface area contributed by atoms with Gasteiger partial charge in [-0.2, -0.15) is 5.10 Å². The Morgan fingerprint density at radius 2 is 1.79 bits per heavy atom. The van der Waals surface area contributed by atoms with Crippen LogP contribution in [-0.2, 0) is 6.61 Å². The number of nitro groups is 1. The standard InChI is InChI=1S/C24H22BrN3O6/c1-3-33-23-13-17(6-10-22(23)32-2)24(29)27-26-14-18-12-19(25)7-11-21(18)34-15-16-4-8-20(9-5-16)28(30)31/h4-14H,3,15H2,1-2H3,(H,27,29)/b26-14+. The molecule has 0 saturated carbocycles. The van der Waals surface area contributed by atoms with Crippen molar-refractivity contribution in [1.82, 2.24) is 5.43 Å². The average molecular weight is 528 g/mol. The second-order valence-electron chi connectivity index (χ2n) is 6.89. The summed E-state index contributed by atoms with van der Waals surface area (Å²) in [6, 6.07) is 16.3. The predicted octanol–water partition coefficient (Wildman–Crippen LogP) is 5.11. The first kappa shape index (κ1) is 24.7. The van der Waals surface area contributed by atoms with Gasteiger partial charge in [-0.3, -0.25) is 14.9 Å². The molecule has 0 unspecified atom stereocenters. The van der Waals surface area contributed by atoms with E-state index >= 15 is 0 Å². The molecule has 34 heavy (non-hydrogen) atoms. The Labute approximate surface area is 204 Å². The summed E-state index contributed by atoms with van der Waals surface area (Å²) >= 11 is 3.41. The highest BCUT2D eigenvalue weighted by Gasteiger charge is 2.11. The van der Waals surface area contributed by atoms with Gasteiger partial charge < -0.3 is 14.2 Å². The van der Waals surface area contributed by atoms with Crippen LogP contribution in [0.25, 0.3) is 0 Å². The maximum Gasteiger partial charge on any atom is 0.271 e. The van der Waals surface area contributed by atoms with Crippen LogP contribution in [0.3, 0.4) is 0 Å². The van der Waals surface area contributed by atoms with Crippen molar-refractivity contribution in [3.05, 3.63) is 91.9 Å². The van der Waals surface area contributed by atoms with E-state index < -0.39 is 10.8 Å². The lowest BCUT2D eigenvalue weighted by Gasteiger charge is -2.11. The van der Waals surface area contributed by atoms with Crippen LogP contribution in [0.1, 0.15) is 28.4 Å². The van der Waals surface area contributed by atoms with Gasteiger partial charge in [0.2, 0.25) is 0 Å². The number of hydrogen-bond acceptors (Lipinski definition) is 7. The number of nitrogens with one attached hydrogen (secondary N) is 1. The second kappa shape index (κ2) is 11.8. The van der Waals surface area contributed by atoms with Crippen LogP contribution < -0.4 is 19.6 Å². The van der Waals surface area contributed by atoms with Crippen molar-refractivity contribution in [1.29, 1.82) is 0 Å². The van der Waals surface area contributed by atoms with Crippen LogP contribution in [0.2, 0.25) is 0 Å². The minimum atomic E-state index is -0.453. The first-order valence-corrected chi connectivity index (χ1v) is 11.0. The molecule has 0 fully saturated rings. The van der Waals surface area contributed by atoms with E-state index in [4.69, 9.17) is 14.2 Å². The minimum absolute atomic E-state index is 0.0150. The maximum absolute atomic E-state index is 12.5. The summed E-state index contributed by atoms with van der Waals surface area (Å²) in [5, 5.41) is 14.8. The van der Waals surface area contributed by atoms with Crippen LogP contribution >= 0.6 is 15.9 Å². The summed E-state index contributed by atoms with van der Waals surface area (Å²) in [7, 11) is 1.53. The molecule has 176 valence electrons. The fourth-order valence-corrected chi connectivity index (χ4v) is 3.32. The highest BCUT2D eigenvalue weighted by Crippen LogP contribution is 2.28. The quantitative estimate of drug-likeness (QED) is 0.223. The molecule has 0 aromatic heterocycles. The number of benzene rings is 3. The van der Waals surface area contributed by atoms with Crippen LogP contribution in [0.15, 0.2) is 70.2 Å². The summed E-state index contributed by atoms with van der Waals surface area (Å²) in [6.45, 7) is 2.49. The average Bonchev–Trinajstić information content (AvgIpc) is 2.84. The number of rotatable bonds is 10. The lowest BCUT2D eigenvalue weighted by atomic mass is 10.2. The summed E-state index contributed by atoms with van der Waals surface area (Å²) in [5.74, 6) is 1.12. The van der Waals surface area contributed by atoms with Gasteiger partial charge in [-0.1, -0.05) is 15.9 Å². The first-order chi connectivity index (χ1) is 16.4. The molecule has 0 heterocycles. The monoisotopic (exact) mass is 527 g/mol. The van der Waals surface area contributed by atoms with Crippen molar-refractivity contribution in [3.8, 4) is 17.2 Å². The van der Waals surface area contributed by atoms with Gasteiger partial charge in [0, 0.05) is 27.7 Å².